The maximum Gasteiger partial charge on any atom is 0.226 e. The summed E-state index contributed by atoms with van der Waals surface area (Å²) in [4.78, 5) is 14.1. The van der Waals surface area contributed by atoms with E-state index in [1.165, 1.54) is 12.1 Å². The molecule has 0 aliphatic carbocycles. The summed E-state index contributed by atoms with van der Waals surface area (Å²) in [5.74, 6) is 0.526. The predicted octanol–water partition coefficient (Wildman–Crippen LogP) is 2.14. The first-order chi connectivity index (χ1) is 12.3. The quantitative estimate of drug-likeness (QED) is 0.563. The molecule has 0 bridgehead atoms. The van der Waals surface area contributed by atoms with Crippen molar-refractivity contribution in [3.8, 4) is 5.75 Å². The lowest BCUT2D eigenvalue weighted by molar-refractivity contribution is -0.129. The fraction of sp³-hybridized carbons (Fsp3) is 0.316. The highest BCUT2D eigenvalue weighted by atomic mass is 32.2. The summed E-state index contributed by atoms with van der Waals surface area (Å²) in [5, 5.41) is 0. The molecule has 0 aliphatic rings. The Morgan fingerprint density at radius 2 is 1.85 bits per heavy atom. The van der Waals surface area contributed by atoms with Crippen molar-refractivity contribution >= 4 is 21.4 Å². The van der Waals surface area contributed by atoms with Crippen molar-refractivity contribution in [1.29, 1.82) is 0 Å². The number of benzene rings is 2. The number of rotatable bonds is 8. The van der Waals surface area contributed by atoms with Crippen molar-refractivity contribution in [2.45, 2.75) is 17.7 Å². The molecule has 26 heavy (non-hydrogen) atoms. The smallest absolute Gasteiger partial charge is 0.226 e. The second-order valence-electron chi connectivity index (χ2n) is 6.18. The van der Waals surface area contributed by atoms with Crippen LogP contribution in [0.2, 0.25) is 0 Å². The molecule has 6 nitrogen and oxygen atoms in total. The molecule has 0 aliphatic heterocycles. The van der Waals surface area contributed by atoms with Crippen molar-refractivity contribution in [3.63, 3.8) is 0 Å². The summed E-state index contributed by atoms with van der Waals surface area (Å²) < 4.78 is 28.7. The zero-order chi connectivity index (χ0) is 19.2. The first-order valence-electron chi connectivity index (χ1n) is 8.27. The summed E-state index contributed by atoms with van der Waals surface area (Å²) in [5.41, 5.74) is 7.23. The fourth-order valence-corrected chi connectivity index (χ4v) is 3.01. The van der Waals surface area contributed by atoms with Gasteiger partial charge in [0.25, 0.3) is 0 Å². The molecule has 1 amide bonds. The molecule has 0 fully saturated rings. The lowest BCUT2D eigenvalue weighted by Gasteiger charge is -2.17. The van der Waals surface area contributed by atoms with Crippen molar-refractivity contribution in [3.05, 3.63) is 54.1 Å². The van der Waals surface area contributed by atoms with Gasteiger partial charge < -0.3 is 15.4 Å². The lowest BCUT2D eigenvalue weighted by Crippen LogP contribution is -2.30. The number of nitrogens with two attached hydrogens (primary N) is 1. The molecule has 7 heteroatoms. The second kappa shape index (κ2) is 8.71. The van der Waals surface area contributed by atoms with Crippen LogP contribution in [0, 0.1) is 0 Å². The van der Waals surface area contributed by atoms with Gasteiger partial charge in [-0.15, -0.1) is 0 Å². The molecule has 0 aromatic heterocycles. The molecule has 0 atom stereocenters. The second-order valence-corrected chi connectivity index (χ2v) is 8.20. The summed E-state index contributed by atoms with van der Waals surface area (Å²) in [7, 11) is -1.50. The standard InChI is InChI=1S/C19H24N2O4S/c1-21(19(22)13-15-7-9-16(20)10-8-15)11-4-12-25-17-5-3-6-18(14-17)26(2,23)24/h3,5-10,14H,4,11-13,20H2,1-2H3. The van der Waals surface area contributed by atoms with Gasteiger partial charge in [0, 0.05) is 25.5 Å². The third-order valence-electron chi connectivity index (χ3n) is 3.90. The van der Waals surface area contributed by atoms with Crippen LogP contribution in [-0.2, 0) is 21.1 Å². The highest BCUT2D eigenvalue weighted by Gasteiger charge is 2.10. The van der Waals surface area contributed by atoms with Crippen LogP contribution in [0.5, 0.6) is 5.75 Å². The summed E-state index contributed by atoms with van der Waals surface area (Å²) in [6.45, 7) is 0.951. The van der Waals surface area contributed by atoms with Gasteiger partial charge in [0.05, 0.1) is 17.9 Å². The number of nitrogen functional groups attached to an aromatic ring is 1. The van der Waals surface area contributed by atoms with E-state index in [2.05, 4.69) is 0 Å². The van der Waals surface area contributed by atoms with Crippen molar-refractivity contribution in [1.82, 2.24) is 4.90 Å². The number of anilines is 1. The zero-order valence-corrected chi connectivity index (χ0v) is 15.8. The number of hydrogen-bond donors (Lipinski definition) is 1. The molecule has 0 saturated carbocycles. The van der Waals surface area contributed by atoms with Crippen molar-refractivity contribution < 1.29 is 17.9 Å². The van der Waals surface area contributed by atoms with E-state index in [4.69, 9.17) is 10.5 Å². The van der Waals surface area contributed by atoms with Gasteiger partial charge in [-0.3, -0.25) is 4.79 Å². The Balaban J connectivity index is 1.77. The number of amides is 1. The van der Waals surface area contributed by atoms with Crippen LogP contribution in [0.1, 0.15) is 12.0 Å². The molecule has 0 spiro atoms. The highest BCUT2D eigenvalue weighted by molar-refractivity contribution is 7.90. The van der Waals surface area contributed by atoms with Crippen LogP contribution in [0.15, 0.2) is 53.4 Å². The monoisotopic (exact) mass is 376 g/mol. The minimum atomic E-state index is -3.25. The Hall–Kier alpha value is -2.54. The number of nitrogens with zero attached hydrogens (tertiary/aromatic N) is 1. The highest BCUT2D eigenvalue weighted by Crippen LogP contribution is 2.17. The number of carbonyl (C=O) groups is 1. The van der Waals surface area contributed by atoms with Crippen LogP contribution < -0.4 is 10.5 Å². The Bertz CT molecular complexity index is 848. The molecule has 2 rings (SSSR count). The van der Waals surface area contributed by atoms with Crippen LogP contribution in [0.4, 0.5) is 5.69 Å². The van der Waals surface area contributed by atoms with Crippen LogP contribution >= 0.6 is 0 Å². The van der Waals surface area contributed by atoms with Crippen LogP contribution in [-0.4, -0.2) is 45.7 Å². The van der Waals surface area contributed by atoms with E-state index < -0.39 is 9.84 Å². The Morgan fingerprint density at radius 3 is 2.50 bits per heavy atom. The van der Waals surface area contributed by atoms with Crippen LogP contribution in [0.25, 0.3) is 0 Å². The van der Waals surface area contributed by atoms with E-state index in [1.807, 2.05) is 12.1 Å². The number of carbonyl (C=O) groups excluding carboxylic acids is 1. The summed E-state index contributed by atoms with van der Waals surface area (Å²) in [6.07, 6.45) is 2.13. The molecule has 140 valence electrons. The minimum absolute atomic E-state index is 0.0221. The predicted molar refractivity (Wildman–Crippen MR) is 102 cm³/mol. The van der Waals surface area contributed by atoms with Gasteiger partial charge >= 0.3 is 0 Å². The lowest BCUT2D eigenvalue weighted by atomic mass is 10.1. The van der Waals surface area contributed by atoms with Gasteiger partial charge in [-0.05, 0) is 42.3 Å². The van der Waals surface area contributed by atoms with E-state index in [9.17, 15) is 13.2 Å². The zero-order valence-electron chi connectivity index (χ0n) is 15.0. The minimum Gasteiger partial charge on any atom is -0.493 e. The molecule has 0 radical (unpaired) electrons. The molecule has 2 aromatic carbocycles. The summed E-state index contributed by atoms with van der Waals surface area (Å²) >= 11 is 0. The van der Waals surface area contributed by atoms with E-state index in [0.29, 0.717) is 37.4 Å². The number of sulfone groups is 1. The molecular weight excluding hydrogens is 352 g/mol. The Morgan fingerprint density at radius 1 is 1.15 bits per heavy atom. The Labute approximate surface area is 154 Å². The van der Waals surface area contributed by atoms with E-state index >= 15 is 0 Å². The van der Waals surface area contributed by atoms with Gasteiger partial charge in [-0.2, -0.15) is 0 Å². The fourth-order valence-electron chi connectivity index (χ4n) is 2.36. The molecule has 2 N–H and O–H groups in total. The molecule has 0 saturated heterocycles. The first kappa shape index (κ1) is 19.8. The molecule has 2 aromatic rings. The SMILES string of the molecule is CN(CCCOc1cccc(S(C)(=O)=O)c1)C(=O)Cc1ccc(N)cc1. The maximum absolute atomic E-state index is 12.2. The van der Waals surface area contributed by atoms with Gasteiger partial charge in [0.1, 0.15) is 5.75 Å². The van der Waals surface area contributed by atoms with Gasteiger partial charge in [-0.25, -0.2) is 8.42 Å². The topological polar surface area (TPSA) is 89.7 Å². The van der Waals surface area contributed by atoms with Crippen molar-refractivity contribution in [2.75, 3.05) is 32.2 Å². The van der Waals surface area contributed by atoms with Gasteiger partial charge in [0.15, 0.2) is 9.84 Å². The number of hydrogen-bond acceptors (Lipinski definition) is 5. The van der Waals surface area contributed by atoms with Gasteiger partial charge in [0.2, 0.25) is 5.91 Å². The molecule has 0 heterocycles. The van der Waals surface area contributed by atoms with Crippen molar-refractivity contribution in [2.24, 2.45) is 0 Å². The molecular formula is C19H24N2O4S. The third-order valence-corrected chi connectivity index (χ3v) is 5.01. The number of likely N-dealkylation sites (N-methyl/N-ethyl adjacent to an activating group) is 1. The van der Waals surface area contributed by atoms with Crippen LogP contribution in [0.3, 0.4) is 0 Å². The van der Waals surface area contributed by atoms with E-state index in [0.717, 1.165) is 11.8 Å². The largest absolute Gasteiger partial charge is 0.493 e. The maximum atomic E-state index is 12.2. The Kier molecular flexibility index (Phi) is 6.63. The number of ether oxygens (including phenoxy) is 1. The third kappa shape index (κ3) is 6.07. The van der Waals surface area contributed by atoms with E-state index in [1.54, 1.807) is 36.2 Å². The average Bonchev–Trinajstić information content (AvgIpc) is 2.60. The first-order valence-corrected chi connectivity index (χ1v) is 10.2. The normalized spacial score (nSPS) is 11.2. The van der Waals surface area contributed by atoms with Gasteiger partial charge in [-0.1, -0.05) is 18.2 Å². The summed E-state index contributed by atoms with van der Waals surface area (Å²) in [6, 6.07) is 13.6. The van der Waals surface area contributed by atoms with E-state index in [-0.39, 0.29) is 10.8 Å². The average molecular weight is 376 g/mol. The molecule has 0 unspecified atom stereocenters.